The van der Waals surface area contributed by atoms with Crippen molar-refractivity contribution in [1.82, 2.24) is 10.3 Å². The van der Waals surface area contributed by atoms with E-state index in [9.17, 15) is 4.79 Å². The second-order valence-electron chi connectivity index (χ2n) is 3.75. The summed E-state index contributed by atoms with van der Waals surface area (Å²) in [6, 6.07) is 3.40. The molecule has 1 unspecified atom stereocenters. The Balaban J connectivity index is 2.82. The van der Waals surface area contributed by atoms with Crippen LogP contribution in [0.3, 0.4) is 0 Å². The topological polar surface area (TPSA) is 68.0 Å². The van der Waals surface area contributed by atoms with Crippen molar-refractivity contribution < 1.29 is 4.79 Å². The Hall–Kier alpha value is -1.49. The summed E-state index contributed by atoms with van der Waals surface area (Å²) >= 11 is 4.95. The minimum absolute atomic E-state index is 0.217. The first-order chi connectivity index (χ1) is 7.49. The number of nitrogens with one attached hydrogen (secondary N) is 1. The monoisotopic (exact) mass is 237 g/mol. The average Bonchev–Trinajstić information content (AvgIpc) is 2.29. The van der Waals surface area contributed by atoms with Gasteiger partial charge in [-0.25, -0.2) is 0 Å². The van der Waals surface area contributed by atoms with Crippen LogP contribution in [0.25, 0.3) is 0 Å². The van der Waals surface area contributed by atoms with Crippen LogP contribution in [0.5, 0.6) is 0 Å². The van der Waals surface area contributed by atoms with Crippen LogP contribution in [0.15, 0.2) is 24.5 Å². The van der Waals surface area contributed by atoms with E-state index in [4.69, 9.17) is 18.0 Å². The Bertz CT molecular complexity index is 393. The molecule has 86 valence electrons. The van der Waals surface area contributed by atoms with Crippen molar-refractivity contribution in [2.45, 2.75) is 25.8 Å². The summed E-state index contributed by atoms with van der Waals surface area (Å²) in [7, 11) is 0. The minimum atomic E-state index is -0.651. The number of hydrogen-bond acceptors (Lipinski definition) is 3. The molecule has 0 bridgehead atoms. The summed E-state index contributed by atoms with van der Waals surface area (Å²) in [5.74, 6) is -0.217. The highest BCUT2D eigenvalue weighted by atomic mass is 32.1. The molecule has 0 aliphatic carbocycles. The van der Waals surface area contributed by atoms with E-state index in [0.717, 1.165) is 0 Å². The third-order valence-corrected chi connectivity index (χ3v) is 3.01. The van der Waals surface area contributed by atoms with Crippen molar-refractivity contribution in [2.75, 3.05) is 0 Å². The molecule has 0 fully saturated rings. The zero-order valence-electron chi connectivity index (χ0n) is 9.36. The second-order valence-corrected chi connectivity index (χ2v) is 4.19. The van der Waals surface area contributed by atoms with Crippen LogP contribution in [0.1, 0.15) is 30.6 Å². The zero-order valence-corrected chi connectivity index (χ0v) is 10.2. The molecule has 1 atom stereocenters. The quantitative estimate of drug-likeness (QED) is 0.774. The molecule has 0 aliphatic heterocycles. The average molecular weight is 237 g/mol. The lowest BCUT2D eigenvalue weighted by molar-refractivity contribution is 0.0926. The Kier molecular flexibility index (Phi) is 3.95. The summed E-state index contributed by atoms with van der Waals surface area (Å²) in [5.41, 5.74) is 5.46. The highest BCUT2D eigenvalue weighted by molar-refractivity contribution is 7.80. The zero-order chi connectivity index (χ0) is 12.2. The van der Waals surface area contributed by atoms with Gasteiger partial charge in [0, 0.05) is 12.4 Å². The van der Waals surface area contributed by atoms with Crippen LogP contribution in [0.2, 0.25) is 0 Å². The van der Waals surface area contributed by atoms with Crippen LogP contribution in [0, 0.1) is 0 Å². The van der Waals surface area contributed by atoms with Crippen LogP contribution < -0.4 is 11.1 Å². The third kappa shape index (κ3) is 2.76. The summed E-state index contributed by atoms with van der Waals surface area (Å²) in [6.07, 6.45) is 3.77. The van der Waals surface area contributed by atoms with Gasteiger partial charge in [0.2, 0.25) is 0 Å². The molecule has 1 rings (SSSR count). The lowest BCUT2D eigenvalue weighted by Gasteiger charge is -2.28. The largest absolute Gasteiger partial charge is 0.391 e. The van der Waals surface area contributed by atoms with Crippen molar-refractivity contribution in [3.63, 3.8) is 0 Å². The molecule has 0 aliphatic rings. The minimum Gasteiger partial charge on any atom is -0.391 e. The number of nitrogens with zero attached hydrogens (tertiary/aromatic N) is 1. The summed E-state index contributed by atoms with van der Waals surface area (Å²) < 4.78 is 0. The van der Waals surface area contributed by atoms with E-state index >= 15 is 0 Å². The van der Waals surface area contributed by atoms with Gasteiger partial charge in [-0.2, -0.15) is 0 Å². The Morgan fingerprint density at radius 2 is 2.38 bits per heavy atom. The van der Waals surface area contributed by atoms with Crippen LogP contribution in [0.4, 0.5) is 0 Å². The first-order valence-corrected chi connectivity index (χ1v) is 5.43. The fraction of sp³-hybridized carbons (Fsp3) is 0.364. The maximum absolute atomic E-state index is 11.9. The number of nitrogens with two attached hydrogens (primary N) is 1. The maximum Gasteiger partial charge on any atom is 0.253 e. The molecule has 1 aromatic rings. The number of carbonyl (C=O) groups is 1. The normalized spacial score (nSPS) is 13.9. The van der Waals surface area contributed by atoms with Crippen molar-refractivity contribution in [1.29, 1.82) is 0 Å². The number of pyridine rings is 1. The van der Waals surface area contributed by atoms with E-state index < -0.39 is 5.54 Å². The van der Waals surface area contributed by atoms with Crippen LogP contribution in [-0.4, -0.2) is 21.4 Å². The van der Waals surface area contributed by atoms with E-state index in [-0.39, 0.29) is 10.9 Å². The van der Waals surface area contributed by atoms with Gasteiger partial charge < -0.3 is 11.1 Å². The summed E-state index contributed by atoms with van der Waals surface area (Å²) in [5, 5.41) is 2.81. The van der Waals surface area contributed by atoms with Crippen molar-refractivity contribution in [2.24, 2.45) is 5.73 Å². The predicted molar refractivity (Wildman–Crippen MR) is 67.2 cm³/mol. The highest BCUT2D eigenvalue weighted by Gasteiger charge is 2.27. The van der Waals surface area contributed by atoms with Gasteiger partial charge in [-0.05, 0) is 25.5 Å². The van der Waals surface area contributed by atoms with E-state index in [1.54, 1.807) is 18.3 Å². The van der Waals surface area contributed by atoms with Gasteiger partial charge in [-0.15, -0.1) is 0 Å². The van der Waals surface area contributed by atoms with Gasteiger partial charge >= 0.3 is 0 Å². The standard InChI is InChI=1S/C11H15N3OS/c1-3-11(2,10(12)16)14-9(15)8-5-4-6-13-7-8/h4-7H,3H2,1-2H3,(H2,12,16)(H,14,15). The lowest BCUT2D eigenvalue weighted by Crippen LogP contribution is -2.54. The fourth-order valence-electron chi connectivity index (χ4n) is 1.14. The van der Waals surface area contributed by atoms with E-state index in [2.05, 4.69) is 10.3 Å². The molecule has 0 aromatic carbocycles. The first-order valence-electron chi connectivity index (χ1n) is 5.02. The van der Waals surface area contributed by atoms with Gasteiger partial charge in [0.1, 0.15) is 0 Å². The predicted octanol–water partition coefficient (Wildman–Crippen LogP) is 1.27. The molecule has 0 saturated carbocycles. The molecule has 0 saturated heterocycles. The smallest absolute Gasteiger partial charge is 0.253 e. The van der Waals surface area contributed by atoms with Gasteiger partial charge in [-0.1, -0.05) is 19.1 Å². The molecule has 1 heterocycles. The van der Waals surface area contributed by atoms with Crippen LogP contribution in [-0.2, 0) is 0 Å². The summed E-state index contributed by atoms with van der Waals surface area (Å²) in [6.45, 7) is 3.73. The van der Waals surface area contributed by atoms with E-state index in [1.165, 1.54) is 6.20 Å². The van der Waals surface area contributed by atoms with Gasteiger partial charge in [0.25, 0.3) is 5.91 Å². The van der Waals surface area contributed by atoms with Crippen molar-refractivity contribution >= 4 is 23.1 Å². The number of rotatable bonds is 4. The van der Waals surface area contributed by atoms with Gasteiger partial charge in [-0.3, -0.25) is 9.78 Å². The Labute approximate surface area is 100 Å². The molecule has 5 heteroatoms. The van der Waals surface area contributed by atoms with Crippen molar-refractivity contribution in [3.8, 4) is 0 Å². The maximum atomic E-state index is 11.9. The molecular weight excluding hydrogens is 222 g/mol. The molecular formula is C11H15N3OS. The third-order valence-electron chi connectivity index (χ3n) is 2.56. The molecule has 0 radical (unpaired) electrons. The second kappa shape index (κ2) is 5.03. The molecule has 3 N–H and O–H groups in total. The number of hydrogen-bond donors (Lipinski definition) is 2. The molecule has 0 spiro atoms. The summed E-state index contributed by atoms with van der Waals surface area (Å²) in [4.78, 5) is 16.0. The Morgan fingerprint density at radius 1 is 1.69 bits per heavy atom. The highest BCUT2D eigenvalue weighted by Crippen LogP contribution is 2.10. The number of amides is 1. The number of thiocarbonyl (C=S) groups is 1. The lowest BCUT2D eigenvalue weighted by atomic mass is 9.98. The molecule has 1 amide bonds. The van der Waals surface area contributed by atoms with Gasteiger partial charge in [0.15, 0.2) is 0 Å². The number of carbonyl (C=O) groups excluding carboxylic acids is 1. The Morgan fingerprint density at radius 3 is 2.81 bits per heavy atom. The fourth-order valence-corrected chi connectivity index (χ4v) is 1.34. The molecule has 4 nitrogen and oxygen atoms in total. The van der Waals surface area contributed by atoms with Crippen LogP contribution >= 0.6 is 12.2 Å². The number of aromatic nitrogens is 1. The van der Waals surface area contributed by atoms with E-state index in [1.807, 2.05) is 13.8 Å². The molecule has 16 heavy (non-hydrogen) atoms. The first kappa shape index (κ1) is 12.6. The SMILES string of the molecule is CCC(C)(NC(=O)c1cccnc1)C(N)=S. The molecule has 1 aromatic heterocycles. The van der Waals surface area contributed by atoms with E-state index in [0.29, 0.717) is 12.0 Å². The van der Waals surface area contributed by atoms with Gasteiger partial charge in [0.05, 0.1) is 16.1 Å². The van der Waals surface area contributed by atoms with Crippen molar-refractivity contribution in [3.05, 3.63) is 30.1 Å².